The van der Waals surface area contributed by atoms with E-state index < -0.39 is 0 Å². The molecule has 0 unspecified atom stereocenters. The zero-order valence-corrected chi connectivity index (χ0v) is 11.5. The molecule has 0 spiro atoms. The minimum Gasteiger partial charge on any atom is -0.491 e. The summed E-state index contributed by atoms with van der Waals surface area (Å²) in [4.78, 5) is 0. The highest BCUT2D eigenvalue weighted by atomic mass is 16.5. The maximum Gasteiger partial charge on any atom is 0.147 e. The average Bonchev–Trinajstić information content (AvgIpc) is 2.63. The van der Waals surface area contributed by atoms with Crippen LogP contribution in [0.5, 0.6) is 5.75 Å². The van der Waals surface area contributed by atoms with Crippen molar-refractivity contribution >= 4 is 0 Å². The molecule has 0 aliphatic carbocycles. The Labute approximate surface area is 104 Å². The number of aromatic nitrogens is 2. The van der Waals surface area contributed by atoms with Gasteiger partial charge in [-0.1, -0.05) is 34.6 Å². The Hall–Kier alpha value is -1.12. The Bertz CT molecular complexity index is 419. The first-order chi connectivity index (χ1) is 7.89. The second-order valence-corrected chi connectivity index (χ2v) is 6.25. The highest BCUT2D eigenvalue weighted by Crippen LogP contribution is 2.35. The Kier molecular flexibility index (Phi) is 3.11. The molecule has 0 saturated carbocycles. The number of rotatable bonds is 2. The fraction of sp³-hybridized carbons (Fsp3) is 0.714. The fourth-order valence-corrected chi connectivity index (χ4v) is 2.28. The lowest BCUT2D eigenvalue weighted by atomic mass is 9.87. The van der Waals surface area contributed by atoms with Crippen LogP contribution in [0.15, 0.2) is 0 Å². The zero-order valence-electron chi connectivity index (χ0n) is 11.5. The van der Waals surface area contributed by atoms with Crippen molar-refractivity contribution in [3.63, 3.8) is 0 Å². The van der Waals surface area contributed by atoms with Gasteiger partial charge < -0.3 is 4.74 Å². The number of hydrogen-bond donors (Lipinski definition) is 0. The van der Waals surface area contributed by atoms with E-state index in [-0.39, 0.29) is 5.41 Å². The van der Waals surface area contributed by atoms with Gasteiger partial charge in [0, 0.05) is 17.4 Å². The third kappa shape index (κ3) is 2.43. The van der Waals surface area contributed by atoms with Gasteiger partial charge in [0.1, 0.15) is 11.4 Å². The van der Waals surface area contributed by atoms with E-state index in [0.29, 0.717) is 5.92 Å². The van der Waals surface area contributed by atoms with Crippen LogP contribution in [-0.2, 0) is 18.3 Å². The standard InChI is InChI=1S/C14H22N2O/c1-9(2)8-11-12-10(6-7-17-12)13(16-15-11)14(3,4)5/h9H,6-8H2,1-5H3. The Morgan fingerprint density at radius 2 is 1.94 bits per heavy atom. The van der Waals surface area contributed by atoms with Crippen molar-refractivity contribution < 1.29 is 4.74 Å². The van der Waals surface area contributed by atoms with Crippen LogP contribution in [0, 0.1) is 5.92 Å². The van der Waals surface area contributed by atoms with Crippen LogP contribution in [0.1, 0.15) is 51.6 Å². The van der Waals surface area contributed by atoms with Gasteiger partial charge in [-0.05, 0) is 12.3 Å². The largest absolute Gasteiger partial charge is 0.491 e. The van der Waals surface area contributed by atoms with Gasteiger partial charge in [0.2, 0.25) is 0 Å². The highest BCUT2D eigenvalue weighted by molar-refractivity contribution is 5.44. The van der Waals surface area contributed by atoms with Crippen LogP contribution in [0.25, 0.3) is 0 Å². The van der Waals surface area contributed by atoms with Gasteiger partial charge in [0.15, 0.2) is 0 Å². The van der Waals surface area contributed by atoms with Gasteiger partial charge in [0.05, 0.1) is 12.3 Å². The van der Waals surface area contributed by atoms with E-state index in [2.05, 4.69) is 44.8 Å². The fourth-order valence-electron chi connectivity index (χ4n) is 2.28. The van der Waals surface area contributed by atoms with Crippen molar-refractivity contribution in [1.29, 1.82) is 0 Å². The summed E-state index contributed by atoms with van der Waals surface area (Å²) >= 11 is 0. The lowest BCUT2D eigenvalue weighted by Gasteiger charge is -2.20. The third-order valence-corrected chi connectivity index (χ3v) is 3.00. The molecule has 0 saturated heterocycles. The quantitative estimate of drug-likeness (QED) is 0.789. The number of fused-ring (bicyclic) bond motifs is 1. The minimum absolute atomic E-state index is 0.0428. The van der Waals surface area contributed by atoms with Crippen molar-refractivity contribution in [2.75, 3.05) is 6.61 Å². The van der Waals surface area contributed by atoms with Crippen LogP contribution < -0.4 is 4.74 Å². The van der Waals surface area contributed by atoms with Crippen molar-refractivity contribution in [3.05, 3.63) is 17.0 Å². The first kappa shape index (κ1) is 12.3. The summed E-state index contributed by atoms with van der Waals surface area (Å²) in [5.41, 5.74) is 3.45. The van der Waals surface area contributed by atoms with Crippen molar-refractivity contribution in [2.45, 2.75) is 52.9 Å². The SMILES string of the molecule is CC(C)Cc1nnc(C(C)(C)C)c2c1OCC2. The molecule has 94 valence electrons. The molecule has 3 nitrogen and oxygen atoms in total. The van der Waals surface area contributed by atoms with E-state index in [4.69, 9.17) is 4.74 Å². The summed E-state index contributed by atoms with van der Waals surface area (Å²) in [6, 6.07) is 0. The molecule has 1 aromatic rings. The molecule has 3 heteroatoms. The van der Waals surface area contributed by atoms with E-state index in [1.165, 1.54) is 5.56 Å². The van der Waals surface area contributed by atoms with E-state index in [1.807, 2.05) is 0 Å². The van der Waals surface area contributed by atoms with Crippen molar-refractivity contribution in [3.8, 4) is 5.75 Å². The molecular formula is C14H22N2O. The first-order valence-corrected chi connectivity index (χ1v) is 6.41. The molecule has 0 atom stereocenters. The number of ether oxygens (including phenoxy) is 1. The minimum atomic E-state index is 0.0428. The molecule has 0 fully saturated rings. The lowest BCUT2D eigenvalue weighted by Crippen LogP contribution is -2.18. The topological polar surface area (TPSA) is 35.0 Å². The molecule has 0 aromatic carbocycles. The van der Waals surface area contributed by atoms with Gasteiger partial charge in [-0.25, -0.2) is 0 Å². The highest BCUT2D eigenvalue weighted by Gasteiger charge is 2.28. The summed E-state index contributed by atoms with van der Waals surface area (Å²) < 4.78 is 5.76. The summed E-state index contributed by atoms with van der Waals surface area (Å²) in [6.45, 7) is 11.7. The van der Waals surface area contributed by atoms with Crippen LogP contribution in [-0.4, -0.2) is 16.8 Å². The lowest BCUT2D eigenvalue weighted by molar-refractivity contribution is 0.349. The smallest absolute Gasteiger partial charge is 0.147 e. The monoisotopic (exact) mass is 234 g/mol. The molecule has 1 aliphatic heterocycles. The maximum atomic E-state index is 5.76. The molecule has 0 bridgehead atoms. The van der Waals surface area contributed by atoms with Gasteiger partial charge >= 0.3 is 0 Å². The van der Waals surface area contributed by atoms with Crippen LogP contribution in [0.3, 0.4) is 0 Å². The summed E-state index contributed by atoms with van der Waals surface area (Å²) in [5, 5.41) is 8.83. The van der Waals surface area contributed by atoms with E-state index in [9.17, 15) is 0 Å². The maximum absolute atomic E-state index is 5.76. The zero-order chi connectivity index (χ0) is 12.6. The van der Waals surface area contributed by atoms with Crippen molar-refractivity contribution in [1.82, 2.24) is 10.2 Å². The van der Waals surface area contributed by atoms with E-state index >= 15 is 0 Å². The predicted molar refractivity (Wildman–Crippen MR) is 68.5 cm³/mol. The molecule has 0 radical (unpaired) electrons. The van der Waals surface area contributed by atoms with Gasteiger partial charge in [-0.2, -0.15) is 10.2 Å². The molecule has 1 aromatic heterocycles. The Morgan fingerprint density at radius 3 is 2.53 bits per heavy atom. The summed E-state index contributed by atoms with van der Waals surface area (Å²) in [7, 11) is 0. The summed E-state index contributed by atoms with van der Waals surface area (Å²) in [6.07, 6.45) is 1.92. The van der Waals surface area contributed by atoms with Crippen LogP contribution in [0.2, 0.25) is 0 Å². The second-order valence-electron chi connectivity index (χ2n) is 6.25. The average molecular weight is 234 g/mol. The van der Waals surface area contributed by atoms with E-state index in [0.717, 1.165) is 36.6 Å². The van der Waals surface area contributed by atoms with E-state index in [1.54, 1.807) is 0 Å². The molecule has 0 amide bonds. The molecule has 17 heavy (non-hydrogen) atoms. The van der Waals surface area contributed by atoms with Gasteiger partial charge in [0.25, 0.3) is 0 Å². The van der Waals surface area contributed by atoms with Crippen LogP contribution >= 0.6 is 0 Å². The molecule has 0 N–H and O–H groups in total. The van der Waals surface area contributed by atoms with Gasteiger partial charge in [-0.15, -0.1) is 0 Å². The predicted octanol–water partition coefficient (Wildman–Crippen LogP) is 2.91. The van der Waals surface area contributed by atoms with Crippen LogP contribution in [0.4, 0.5) is 0 Å². The molecule has 2 rings (SSSR count). The summed E-state index contributed by atoms with van der Waals surface area (Å²) in [5.74, 6) is 1.59. The normalized spacial score (nSPS) is 14.9. The number of nitrogens with zero attached hydrogens (tertiary/aromatic N) is 2. The van der Waals surface area contributed by atoms with Gasteiger partial charge in [-0.3, -0.25) is 0 Å². The third-order valence-electron chi connectivity index (χ3n) is 3.00. The molecule has 2 heterocycles. The second kappa shape index (κ2) is 4.28. The number of hydrogen-bond acceptors (Lipinski definition) is 3. The first-order valence-electron chi connectivity index (χ1n) is 6.41. The molecule has 1 aliphatic rings. The van der Waals surface area contributed by atoms with Crippen molar-refractivity contribution in [2.24, 2.45) is 5.92 Å². The Balaban J connectivity index is 2.46. The Morgan fingerprint density at radius 1 is 1.24 bits per heavy atom. The molecular weight excluding hydrogens is 212 g/mol.